The predicted octanol–water partition coefficient (Wildman–Crippen LogP) is 1.70. The minimum absolute atomic E-state index is 0.119. The lowest BCUT2D eigenvalue weighted by Gasteiger charge is -2.36. The molecule has 3 heterocycles. The topological polar surface area (TPSA) is 58.1 Å². The molecule has 2 aliphatic rings. The average molecular weight is 288 g/mol. The van der Waals surface area contributed by atoms with Gasteiger partial charge in [-0.25, -0.2) is 0 Å². The highest BCUT2D eigenvalue weighted by Gasteiger charge is 2.31. The molecule has 1 N–H and O–H groups in total. The van der Waals surface area contributed by atoms with Gasteiger partial charge in [-0.2, -0.15) is 10.2 Å². The summed E-state index contributed by atoms with van der Waals surface area (Å²) >= 11 is 0. The van der Waals surface area contributed by atoms with Gasteiger partial charge in [0.2, 0.25) is 0 Å². The maximum Gasteiger partial charge on any atom is 0.255 e. The van der Waals surface area contributed by atoms with Gasteiger partial charge in [0.25, 0.3) is 5.91 Å². The first-order chi connectivity index (χ1) is 10.1. The van der Waals surface area contributed by atoms with Crippen LogP contribution in [0.25, 0.3) is 0 Å². The number of amides is 1. The molecule has 0 spiro atoms. The second kappa shape index (κ2) is 6.10. The lowest BCUT2D eigenvalue weighted by atomic mass is 9.89. The molecule has 1 aromatic heterocycles. The molecular weight excluding hydrogens is 264 g/mol. The monoisotopic (exact) mass is 288 g/mol. The molecule has 0 radical (unpaired) electrons. The number of piperidine rings is 1. The second-order valence-corrected chi connectivity index (χ2v) is 6.34. The molecular formula is C16H24N4O. The van der Waals surface area contributed by atoms with Crippen molar-refractivity contribution in [1.29, 1.82) is 0 Å². The molecule has 0 bridgehead atoms. The van der Waals surface area contributed by atoms with E-state index in [4.69, 9.17) is 0 Å². The van der Waals surface area contributed by atoms with Crippen LogP contribution in [0.3, 0.4) is 0 Å². The van der Waals surface area contributed by atoms with E-state index >= 15 is 0 Å². The minimum Gasteiger partial charge on any atom is -0.338 e. The van der Waals surface area contributed by atoms with Gasteiger partial charge in [-0.05, 0) is 58.1 Å². The van der Waals surface area contributed by atoms with Crippen molar-refractivity contribution in [2.45, 2.75) is 45.6 Å². The summed E-state index contributed by atoms with van der Waals surface area (Å²) in [4.78, 5) is 14.8. The molecule has 2 fully saturated rings. The first-order valence-corrected chi connectivity index (χ1v) is 7.99. The SMILES string of the molecule is Cc1cc(C(=O)N2CCCC(C3CCCN3)C2)c(C)nn1. The van der Waals surface area contributed by atoms with Gasteiger partial charge in [0.15, 0.2) is 0 Å². The summed E-state index contributed by atoms with van der Waals surface area (Å²) in [5.41, 5.74) is 2.24. The van der Waals surface area contributed by atoms with E-state index < -0.39 is 0 Å². The van der Waals surface area contributed by atoms with Gasteiger partial charge in [0.05, 0.1) is 17.0 Å². The number of carbonyl (C=O) groups is 1. The van der Waals surface area contributed by atoms with Gasteiger partial charge in [0, 0.05) is 19.1 Å². The molecule has 2 atom stereocenters. The average Bonchev–Trinajstić information content (AvgIpc) is 3.03. The minimum atomic E-state index is 0.119. The smallest absolute Gasteiger partial charge is 0.255 e. The summed E-state index contributed by atoms with van der Waals surface area (Å²) in [6, 6.07) is 2.46. The van der Waals surface area contributed by atoms with Crippen molar-refractivity contribution >= 4 is 5.91 Å². The Labute approximate surface area is 126 Å². The fourth-order valence-corrected chi connectivity index (χ4v) is 3.57. The summed E-state index contributed by atoms with van der Waals surface area (Å²) < 4.78 is 0. The van der Waals surface area contributed by atoms with Crippen LogP contribution in [-0.2, 0) is 0 Å². The number of aryl methyl sites for hydroxylation is 2. The zero-order chi connectivity index (χ0) is 14.8. The van der Waals surface area contributed by atoms with Crippen molar-refractivity contribution in [1.82, 2.24) is 20.4 Å². The summed E-state index contributed by atoms with van der Waals surface area (Å²) in [6.45, 7) is 6.60. The second-order valence-electron chi connectivity index (χ2n) is 6.34. The van der Waals surface area contributed by atoms with Gasteiger partial charge in [-0.3, -0.25) is 4.79 Å². The van der Waals surface area contributed by atoms with Crippen LogP contribution in [0.5, 0.6) is 0 Å². The van der Waals surface area contributed by atoms with Crippen molar-refractivity contribution in [3.8, 4) is 0 Å². The van der Waals surface area contributed by atoms with E-state index in [-0.39, 0.29) is 5.91 Å². The third kappa shape index (κ3) is 3.07. The molecule has 2 unspecified atom stereocenters. The van der Waals surface area contributed by atoms with Crippen LogP contribution in [0.15, 0.2) is 6.07 Å². The van der Waals surface area contributed by atoms with Gasteiger partial charge in [0.1, 0.15) is 0 Å². The predicted molar refractivity (Wildman–Crippen MR) is 81.2 cm³/mol. The number of nitrogens with one attached hydrogen (secondary N) is 1. The van der Waals surface area contributed by atoms with Crippen LogP contribution in [0.2, 0.25) is 0 Å². The fraction of sp³-hybridized carbons (Fsp3) is 0.688. The Morgan fingerprint density at radius 1 is 1.29 bits per heavy atom. The highest BCUT2D eigenvalue weighted by atomic mass is 16.2. The molecule has 2 aliphatic heterocycles. The van der Waals surface area contributed by atoms with Crippen molar-refractivity contribution in [2.24, 2.45) is 5.92 Å². The largest absolute Gasteiger partial charge is 0.338 e. The Kier molecular flexibility index (Phi) is 4.19. The lowest BCUT2D eigenvalue weighted by Crippen LogP contribution is -2.46. The molecule has 0 aromatic carbocycles. The fourth-order valence-electron chi connectivity index (χ4n) is 3.57. The van der Waals surface area contributed by atoms with E-state index in [1.807, 2.05) is 24.8 Å². The standard InChI is InChI=1S/C16H24N4O/c1-11-9-14(12(2)19-18-11)16(21)20-8-4-5-13(10-20)15-6-3-7-17-15/h9,13,15,17H,3-8,10H2,1-2H3. The summed E-state index contributed by atoms with van der Waals surface area (Å²) in [5, 5.41) is 11.7. The van der Waals surface area contributed by atoms with Gasteiger partial charge < -0.3 is 10.2 Å². The Morgan fingerprint density at radius 2 is 2.14 bits per heavy atom. The first kappa shape index (κ1) is 14.4. The zero-order valence-corrected chi connectivity index (χ0v) is 12.9. The van der Waals surface area contributed by atoms with E-state index in [0.29, 0.717) is 17.5 Å². The Hall–Kier alpha value is -1.49. The quantitative estimate of drug-likeness (QED) is 0.900. The van der Waals surface area contributed by atoms with Crippen molar-refractivity contribution in [3.63, 3.8) is 0 Å². The number of rotatable bonds is 2. The molecule has 0 saturated carbocycles. The molecule has 1 aromatic rings. The van der Waals surface area contributed by atoms with Crippen molar-refractivity contribution < 1.29 is 4.79 Å². The summed E-state index contributed by atoms with van der Waals surface area (Å²) in [7, 11) is 0. The number of aromatic nitrogens is 2. The zero-order valence-electron chi connectivity index (χ0n) is 12.9. The molecule has 5 nitrogen and oxygen atoms in total. The van der Waals surface area contributed by atoms with Crippen molar-refractivity contribution in [3.05, 3.63) is 23.0 Å². The highest BCUT2D eigenvalue weighted by Crippen LogP contribution is 2.26. The van der Waals surface area contributed by atoms with Gasteiger partial charge in [-0.1, -0.05) is 0 Å². The molecule has 114 valence electrons. The number of carbonyl (C=O) groups excluding carboxylic acids is 1. The Morgan fingerprint density at radius 3 is 2.90 bits per heavy atom. The van der Waals surface area contributed by atoms with E-state index in [0.717, 1.165) is 37.4 Å². The van der Waals surface area contributed by atoms with Crippen LogP contribution in [0, 0.1) is 19.8 Å². The van der Waals surface area contributed by atoms with Crippen molar-refractivity contribution in [2.75, 3.05) is 19.6 Å². The molecule has 0 aliphatic carbocycles. The van der Waals surface area contributed by atoms with E-state index in [2.05, 4.69) is 15.5 Å². The van der Waals surface area contributed by atoms with E-state index in [1.165, 1.54) is 19.3 Å². The molecule has 1 amide bonds. The third-order valence-corrected chi connectivity index (χ3v) is 4.74. The maximum atomic E-state index is 12.8. The Bertz CT molecular complexity index is 525. The highest BCUT2D eigenvalue weighted by molar-refractivity contribution is 5.95. The molecule has 21 heavy (non-hydrogen) atoms. The van der Waals surface area contributed by atoms with Crippen LogP contribution >= 0.6 is 0 Å². The van der Waals surface area contributed by atoms with Gasteiger partial charge in [-0.15, -0.1) is 0 Å². The van der Waals surface area contributed by atoms with Crippen LogP contribution in [0.4, 0.5) is 0 Å². The van der Waals surface area contributed by atoms with Crippen LogP contribution < -0.4 is 5.32 Å². The number of nitrogens with zero attached hydrogens (tertiary/aromatic N) is 3. The number of hydrogen-bond acceptors (Lipinski definition) is 4. The molecule has 2 saturated heterocycles. The Balaban J connectivity index is 1.73. The third-order valence-electron chi connectivity index (χ3n) is 4.74. The normalized spacial score (nSPS) is 26.1. The van der Waals surface area contributed by atoms with Crippen LogP contribution in [-0.4, -0.2) is 46.7 Å². The van der Waals surface area contributed by atoms with E-state index in [1.54, 1.807) is 0 Å². The van der Waals surface area contributed by atoms with Gasteiger partial charge >= 0.3 is 0 Å². The van der Waals surface area contributed by atoms with Crippen LogP contribution in [0.1, 0.15) is 47.4 Å². The van der Waals surface area contributed by atoms with E-state index in [9.17, 15) is 4.79 Å². The first-order valence-electron chi connectivity index (χ1n) is 7.99. The summed E-state index contributed by atoms with van der Waals surface area (Å²) in [6.07, 6.45) is 4.85. The molecule has 3 rings (SSSR count). The summed E-state index contributed by atoms with van der Waals surface area (Å²) in [5.74, 6) is 0.717. The maximum absolute atomic E-state index is 12.8. The molecule has 5 heteroatoms. The lowest BCUT2D eigenvalue weighted by molar-refractivity contribution is 0.0649. The number of likely N-dealkylation sites (tertiary alicyclic amines) is 1. The number of hydrogen-bond donors (Lipinski definition) is 1.